The molecule has 0 fully saturated rings. The Hall–Kier alpha value is -1.61. The van der Waals surface area contributed by atoms with Crippen LogP contribution in [0.15, 0.2) is 41.1 Å². The molecule has 1 aromatic carbocycles. The van der Waals surface area contributed by atoms with E-state index in [0.29, 0.717) is 18.4 Å². The molecule has 0 saturated heterocycles. The van der Waals surface area contributed by atoms with Crippen LogP contribution in [0.3, 0.4) is 0 Å². The molecule has 1 unspecified atom stereocenters. The van der Waals surface area contributed by atoms with E-state index in [1.807, 2.05) is 18.2 Å². The van der Waals surface area contributed by atoms with Crippen molar-refractivity contribution < 1.29 is 4.42 Å². The van der Waals surface area contributed by atoms with Crippen molar-refractivity contribution >= 4 is 0 Å². The minimum absolute atomic E-state index is 0.424. The third-order valence-electron chi connectivity index (χ3n) is 2.75. The molecule has 0 radical (unpaired) electrons. The largest absolute Gasteiger partial charge is 0.445 e. The van der Waals surface area contributed by atoms with E-state index in [1.54, 1.807) is 12.5 Å². The number of aromatic nitrogens is 1. The Kier molecular flexibility index (Phi) is 3.37. The summed E-state index contributed by atoms with van der Waals surface area (Å²) in [4.78, 5) is 4.19. The summed E-state index contributed by atoms with van der Waals surface area (Å²) in [6.45, 7) is 2.87. The molecule has 2 aromatic rings. The summed E-state index contributed by atoms with van der Waals surface area (Å²) < 4.78 is 5.35. The Balaban J connectivity index is 2.38. The highest BCUT2D eigenvalue weighted by molar-refractivity contribution is 5.59. The molecule has 3 nitrogen and oxygen atoms in total. The molecule has 0 saturated carbocycles. The van der Waals surface area contributed by atoms with Crippen LogP contribution in [-0.4, -0.2) is 11.5 Å². The van der Waals surface area contributed by atoms with Crippen LogP contribution in [0.4, 0.5) is 0 Å². The summed E-state index contributed by atoms with van der Waals surface area (Å²) in [6.07, 6.45) is 4.23. The monoisotopic (exact) mass is 216 g/mol. The predicted molar refractivity (Wildman–Crippen MR) is 64.0 cm³/mol. The topological polar surface area (TPSA) is 52.0 Å². The van der Waals surface area contributed by atoms with Gasteiger partial charge in [-0.15, -0.1) is 0 Å². The average Bonchev–Trinajstić information content (AvgIpc) is 2.83. The van der Waals surface area contributed by atoms with Gasteiger partial charge in [0, 0.05) is 5.56 Å². The molecule has 16 heavy (non-hydrogen) atoms. The fourth-order valence-corrected chi connectivity index (χ4v) is 1.88. The number of nitrogens with zero attached hydrogens (tertiary/aromatic N) is 1. The highest BCUT2D eigenvalue weighted by Crippen LogP contribution is 2.29. The lowest BCUT2D eigenvalue weighted by atomic mass is 9.93. The first-order valence-corrected chi connectivity index (χ1v) is 5.51. The molecule has 2 rings (SSSR count). The van der Waals surface area contributed by atoms with Crippen LogP contribution >= 0.6 is 0 Å². The van der Waals surface area contributed by atoms with Gasteiger partial charge in [-0.3, -0.25) is 0 Å². The van der Waals surface area contributed by atoms with E-state index in [1.165, 1.54) is 5.56 Å². The van der Waals surface area contributed by atoms with Crippen molar-refractivity contribution in [3.63, 3.8) is 0 Å². The van der Waals surface area contributed by atoms with Crippen LogP contribution in [0.25, 0.3) is 11.5 Å². The van der Waals surface area contributed by atoms with Gasteiger partial charge in [-0.1, -0.05) is 25.1 Å². The molecular formula is C13H16N2O. The molecule has 0 spiro atoms. The Labute approximate surface area is 95.3 Å². The Morgan fingerprint density at radius 3 is 2.88 bits per heavy atom. The average molecular weight is 216 g/mol. The molecule has 2 N–H and O–H groups in total. The van der Waals surface area contributed by atoms with Gasteiger partial charge in [0.05, 0.1) is 6.20 Å². The zero-order valence-corrected chi connectivity index (χ0v) is 9.39. The molecule has 0 aliphatic heterocycles. The zero-order valence-electron chi connectivity index (χ0n) is 9.39. The number of hydrogen-bond acceptors (Lipinski definition) is 3. The van der Waals surface area contributed by atoms with Crippen molar-refractivity contribution in [2.75, 3.05) is 6.54 Å². The normalized spacial score (nSPS) is 12.6. The summed E-state index contributed by atoms with van der Waals surface area (Å²) in [5.74, 6) is 1.10. The lowest BCUT2D eigenvalue weighted by molar-refractivity contribution is 0.572. The molecule has 0 amide bonds. The highest BCUT2D eigenvalue weighted by Gasteiger charge is 2.13. The minimum atomic E-state index is 0.424. The van der Waals surface area contributed by atoms with Crippen molar-refractivity contribution in [3.8, 4) is 11.5 Å². The van der Waals surface area contributed by atoms with Crippen molar-refractivity contribution in [1.29, 1.82) is 0 Å². The van der Waals surface area contributed by atoms with Gasteiger partial charge in [0.15, 0.2) is 0 Å². The number of rotatable bonds is 4. The van der Waals surface area contributed by atoms with Gasteiger partial charge in [-0.2, -0.15) is 0 Å². The van der Waals surface area contributed by atoms with Crippen molar-refractivity contribution in [2.45, 2.75) is 19.3 Å². The zero-order chi connectivity index (χ0) is 11.4. The number of nitrogens with two attached hydrogens (primary N) is 1. The summed E-state index contributed by atoms with van der Waals surface area (Å²) in [7, 11) is 0. The molecule has 1 heterocycles. The fourth-order valence-electron chi connectivity index (χ4n) is 1.88. The van der Waals surface area contributed by atoms with E-state index in [9.17, 15) is 0 Å². The summed E-state index contributed by atoms with van der Waals surface area (Å²) in [5, 5.41) is 0. The first-order valence-electron chi connectivity index (χ1n) is 5.51. The smallest absolute Gasteiger partial charge is 0.226 e. The second kappa shape index (κ2) is 4.94. The maximum Gasteiger partial charge on any atom is 0.226 e. The molecule has 1 atom stereocenters. The van der Waals surface area contributed by atoms with E-state index in [-0.39, 0.29) is 0 Å². The summed E-state index contributed by atoms with van der Waals surface area (Å²) in [6, 6.07) is 8.18. The van der Waals surface area contributed by atoms with Crippen molar-refractivity contribution in [3.05, 3.63) is 42.3 Å². The SMILES string of the molecule is CC(CCN)c1ccccc1-c1ncco1. The molecule has 0 aliphatic rings. The van der Waals surface area contributed by atoms with Crippen LogP contribution in [0.1, 0.15) is 24.8 Å². The lowest BCUT2D eigenvalue weighted by Crippen LogP contribution is -2.05. The van der Waals surface area contributed by atoms with Gasteiger partial charge in [0.2, 0.25) is 5.89 Å². The number of oxazole rings is 1. The summed E-state index contributed by atoms with van der Waals surface area (Å²) >= 11 is 0. The second-order valence-electron chi connectivity index (χ2n) is 3.90. The minimum Gasteiger partial charge on any atom is -0.445 e. The first kappa shape index (κ1) is 10.9. The van der Waals surface area contributed by atoms with Gasteiger partial charge in [-0.05, 0) is 30.5 Å². The van der Waals surface area contributed by atoms with Crippen molar-refractivity contribution in [1.82, 2.24) is 4.98 Å². The number of hydrogen-bond donors (Lipinski definition) is 1. The molecular weight excluding hydrogens is 200 g/mol. The molecule has 1 aromatic heterocycles. The van der Waals surface area contributed by atoms with Gasteiger partial charge in [0.25, 0.3) is 0 Å². The van der Waals surface area contributed by atoms with Gasteiger partial charge in [0.1, 0.15) is 6.26 Å². The van der Waals surface area contributed by atoms with Crippen LogP contribution < -0.4 is 5.73 Å². The van der Waals surface area contributed by atoms with Crippen LogP contribution in [0.5, 0.6) is 0 Å². The van der Waals surface area contributed by atoms with E-state index >= 15 is 0 Å². The van der Waals surface area contributed by atoms with Crippen LogP contribution in [0, 0.1) is 0 Å². The predicted octanol–water partition coefficient (Wildman–Crippen LogP) is 2.79. The van der Waals surface area contributed by atoms with E-state index in [2.05, 4.69) is 18.0 Å². The van der Waals surface area contributed by atoms with Crippen molar-refractivity contribution in [2.24, 2.45) is 5.73 Å². The Bertz CT molecular complexity index is 437. The molecule has 0 aliphatic carbocycles. The fraction of sp³-hybridized carbons (Fsp3) is 0.308. The van der Waals surface area contributed by atoms with E-state index < -0.39 is 0 Å². The highest BCUT2D eigenvalue weighted by atomic mass is 16.3. The third kappa shape index (κ3) is 2.14. The van der Waals surface area contributed by atoms with Gasteiger partial charge in [-0.25, -0.2) is 4.98 Å². The van der Waals surface area contributed by atoms with Gasteiger partial charge < -0.3 is 10.2 Å². The molecule has 3 heteroatoms. The van der Waals surface area contributed by atoms with Crippen LogP contribution in [-0.2, 0) is 0 Å². The quantitative estimate of drug-likeness (QED) is 0.855. The van der Waals surface area contributed by atoms with E-state index in [4.69, 9.17) is 10.2 Å². The lowest BCUT2D eigenvalue weighted by Gasteiger charge is -2.13. The van der Waals surface area contributed by atoms with Crippen LogP contribution in [0.2, 0.25) is 0 Å². The maximum atomic E-state index is 5.60. The van der Waals surface area contributed by atoms with E-state index in [0.717, 1.165) is 12.0 Å². The Morgan fingerprint density at radius 1 is 1.38 bits per heavy atom. The number of benzene rings is 1. The maximum absolute atomic E-state index is 5.60. The molecule has 84 valence electrons. The Morgan fingerprint density at radius 2 is 2.19 bits per heavy atom. The first-order chi connectivity index (χ1) is 7.83. The summed E-state index contributed by atoms with van der Waals surface area (Å²) in [5.41, 5.74) is 7.91. The molecule has 0 bridgehead atoms. The second-order valence-corrected chi connectivity index (χ2v) is 3.90. The van der Waals surface area contributed by atoms with Gasteiger partial charge >= 0.3 is 0 Å². The standard InChI is InChI=1S/C13H16N2O/c1-10(6-7-14)11-4-2-3-5-12(11)13-15-8-9-16-13/h2-5,8-10H,6-7,14H2,1H3. The third-order valence-corrected chi connectivity index (χ3v) is 2.75.